The van der Waals surface area contributed by atoms with Gasteiger partial charge in [-0.2, -0.15) is 0 Å². The van der Waals surface area contributed by atoms with E-state index in [2.05, 4.69) is 37.3 Å². The number of fused-ring (bicyclic) bond motifs is 2. The largest absolute Gasteiger partial charge is 0.490 e. The van der Waals surface area contributed by atoms with E-state index >= 15 is 0 Å². The van der Waals surface area contributed by atoms with Crippen LogP contribution in [0.1, 0.15) is 26.3 Å². The summed E-state index contributed by atoms with van der Waals surface area (Å²) in [7, 11) is 0. The number of aryl methyl sites for hydroxylation is 1. The summed E-state index contributed by atoms with van der Waals surface area (Å²) in [6.07, 6.45) is 0.626. The van der Waals surface area contributed by atoms with Crippen molar-refractivity contribution in [2.45, 2.75) is 39.4 Å². The molecule has 0 radical (unpaired) electrons. The summed E-state index contributed by atoms with van der Waals surface area (Å²) < 4.78 is 25.2. The molecular formula is C34H34O4. The molecule has 2 unspecified atom stereocenters. The molecule has 0 N–H and O–H groups in total. The molecule has 38 heavy (non-hydrogen) atoms. The van der Waals surface area contributed by atoms with Gasteiger partial charge < -0.3 is 18.9 Å². The van der Waals surface area contributed by atoms with Crippen molar-refractivity contribution < 1.29 is 18.9 Å². The van der Waals surface area contributed by atoms with Gasteiger partial charge in [0.25, 0.3) is 0 Å². The number of benzene rings is 5. The quantitative estimate of drug-likeness (QED) is 0.169. The van der Waals surface area contributed by atoms with Crippen LogP contribution in [0, 0.1) is 0 Å². The molecule has 2 atom stereocenters. The summed E-state index contributed by atoms with van der Waals surface area (Å²) in [4.78, 5) is 0. The van der Waals surface area contributed by atoms with Crippen LogP contribution in [-0.4, -0.2) is 25.4 Å². The zero-order valence-corrected chi connectivity index (χ0v) is 22.2. The van der Waals surface area contributed by atoms with Crippen molar-refractivity contribution in [3.05, 3.63) is 109 Å². The van der Waals surface area contributed by atoms with Crippen LogP contribution in [0.2, 0.25) is 0 Å². The second-order valence-electron chi connectivity index (χ2n) is 9.54. The maximum Gasteiger partial charge on any atom is 0.135 e. The van der Waals surface area contributed by atoms with E-state index < -0.39 is 0 Å². The number of ether oxygens (including phenoxy) is 4. The predicted molar refractivity (Wildman–Crippen MR) is 155 cm³/mol. The Hall–Kier alpha value is -4.18. The molecule has 194 valence electrons. The van der Waals surface area contributed by atoms with Gasteiger partial charge in [-0.3, -0.25) is 0 Å². The average molecular weight is 507 g/mol. The molecule has 0 aliphatic heterocycles. The second kappa shape index (κ2) is 11.9. The molecule has 5 rings (SSSR count). The zero-order valence-electron chi connectivity index (χ0n) is 22.2. The molecule has 5 aromatic rings. The van der Waals surface area contributed by atoms with Gasteiger partial charge in [-0.15, -0.1) is 0 Å². The highest BCUT2D eigenvalue weighted by Gasteiger charge is 2.20. The van der Waals surface area contributed by atoms with Crippen LogP contribution < -0.4 is 18.9 Å². The van der Waals surface area contributed by atoms with E-state index in [1.165, 1.54) is 5.56 Å². The topological polar surface area (TPSA) is 36.9 Å². The van der Waals surface area contributed by atoms with Crippen molar-refractivity contribution in [2.75, 3.05) is 13.2 Å². The highest BCUT2D eigenvalue weighted by atomic mass is 16.5. The maximum atomic E-state index is 6.62. The number of para-hydroxylation sites is 2. The van der Waals surface area contributed by atoms with E-state index in [9.17, 15) is 0 Å². The highest BCUT2D eigenvalue weighted by Crippen LogP contribution is 2.44. The molecule has 5 aromatic carbocycles. The lowest BCUT2D eigenvalue weighted by atomic mass is 9.98. The third kappa shape index (κ3) is 5.86. The van der Waals surface area contributed by atoms with Crippen LogP contribution >= 0.6 is 0 Å². The van der Waals surface area contributed by atoms with Crippen LogP contribution in [0.15, 0.2) is 103 Å². The SMILES string of the molecule is CCc1ccc2c(OC(C)COc3ccccc3)c3ccccc3c(OC(C)COc3ccccc3)c2c1. The monoisotopic (exact) mass is 506 g/mol. The fourth-order valence-electron chi connectivity index (χ4n) is 4.55. The molecular weight excluding hydrogens is 472 g/mol. The van der Waals surface area contributed by atoms with Gasteiger partial charge in [-0.1, -0.05) is 79.7 Å². The van der Waals surface area contributed by atoms with E-state index in [0.717, 1.165) is 51.0 Å². The van der Waals surface area contributed by atoms with Gasteiger partial charge in [0, 0.05) is 21.5 Å². The fraction of sp³-hybridized carbons (Fsp3) is 0.235. The van der Waals surface area contributed by atoms with E-state index in [1.807, 2.05) is 86.6 Å². The Balaban J connectivity index is 1.48. The van der Waals surface area contributed by atoms with Crippen molar-refractivity contribution >= 4 is 21.5 Å². The normalized spacial score (nSPS) is 12.7. The van der Waals surface area contributed by atoms with Gasteiger partial charge in [0.1, 0.15) is 48.4 Å². The van der Waals surface area contributed by atoms with Gasteiger partial charge in [0.2, 0.25) is 0 Å². The molecule has 0 bridgehead atoms. The van der Waals surface area contributed by atoms with E-state index in [4.69, 9.17) is 18.9 Å². The number of hydrogen-bond acceptors (Lipinski definition) is 4. The molecule has 0 aromatic heterocycles. The second-order valence-corrected chi connectivity index (χ2v) is 9.54. The van der Waals surface area contributed by atoms with Crippen molar-refractivity contribution in [3.63, 3.8) is 0 Å². The van der Waals surface area contributed by atoms with Crippen LogP contribution in [-0.2, 0) is 6.42 Å². The van der Waals surface area contributed by atoms with E-state index in [0.29, 0.717) is 13.2 Å². The molecule has 4 nitrogen and oxygen atoms in total. The molecule has 0 heterocycles. The zero-order chi connectivity index (χ0) is 26.3. The minimum absolute atomic E-state index is 0.155. The van der Waals surface area contributed by atoms with Gasteiger partial charge >= 0.3 is 0 Å². The first-order valence-electron chi connectivity index (χ1n) is 13.3. The Labute approximate surface area is 224 Å². The first-order valence-corrected chi connectivity index (χ1v) is 13.3. The number of hydrogen-bond donors (Lipinski definition) is 0. The Morgan fingerprint density at radius 3 is 1.47 bits per heavy atom. The van der Waals surface area contributed by atoms with Crippen molar-refractivity contribution in [1.82, 2.24) is 0 Å². The molecule has 0 amide bonds. The van der Waals surface area contributed by atoms with Crippen molar-refractivity contribution in [1.29, 1.82) is 0 Å². The Kier molecular flexibility index (Phi) is 7.98. The summed E-state index contributed by atoms with van der Waals surface area (Å²) >= 11 is 0. The highest BCUT2D eigenvalue weighted by molar-refractivity contribution is 6.11. The minimum Gasteiger partial charge on any atom is -0.490 e. The predicted octanol–water partition coefficient (Wildman–Crippen LogP) is 8.25. The lowest BCUT2D eigenvalue weighted by Gasteiger charge is -2.23. The minimum atomic E-state index is -0.156. The maximum absolute atomic E-state index is 6.62. The van der Waals surface area contributed by atoms with Crippen LogP contribution in [0.3, 0.4) is 0 Å². The molecule has 0 aliphatic rings. The van der Waals surface area contributed by atoms with Gasteiger partial charge in [-0.25, -0.2) is 0 Å². The van der Waals surface area contributed by atoms with Gasteiger partial charge in [0.15, 0.2) is 0 Å². The molecule has 0 saturated carbocycles. The van der Waals surface area contributed by atoms with Gasteiger partial charge in [0.05, 0.1) is 0 Å². The molecule has 4 heteroatoms. The Morgan fingerprint density at radius 2 is 0.974 bits per heavy atom. The molecule has 0 aliphatic carbocycles. The third-order valence-electron chi connectivity index (χ3n) is 6.49. The average Bonchev–Trinajstić information content (AvgIpc) is 2.97. The smallest absolute Gasteiger partial charge is 0.135 e. The summed E-state index contributed by atoms with van der Waals surface area (Å²) in [5.74, 6) is 3.38. The standard InChI is InChI=1S/C34H34O4/c1-4-26-19-20-31-32(21-26)34(38-25(3)23-36-28-15-9-6-10-16-28)30-18-12-11-17-29(30)33(31)37-24(2)22-35-27-13-7-5-8-14-27/h5-21,24-25H,4,22-23H2,1-3H3. The lowest BCUT2D eigenvalue weighted by Crippen LogP contribution is -2.22. The van der Waals surface area contributed by atoms with Crippen LogP contribution in [0.25, 0.3) is 21.5 Å². The van der Waals surface area contributed by atoms with E-state index in [-0.39, 0.29) is 12.2 Å². The lowest BCUT2D eigenvalue weighted by molar-refractivity contribution is 0.144. The molecule has 0 spiro atoms. The van der Waals surface area contributed by atoms with Crippen LogP contribution in [0.5, 0.6) is 23.0 Å². The third-order valence-corrected chi connectivity index (χ3v) is 6.49. The van der Waals surface area contributed by atoms with Crippen LogP contribution in [0.4, 0.5) is 0 Å². The molecule has 0 saturated heterocycles. The van der Waals surface area contributed by atoms with Gasteiger partial charge in [-0.05, 0) is 56.2 Å². The summed E-state index contributed by atoms with van der Waals surface area (Å²) in [6, 6.07) is 34.5. The van der Waals surface area contributed by atoms with Crippen molar-refractivity contribution in [3.8, 4) is 23.0 Å². The summed E-state index contributed by atoms with van der Waals surface area (Å²) in [5.41, 5.74) is 1.25. The first kappa shape index (κ1) is 25.5. The van der Waals surface area contributed by atoms with E-state index in [1.54, 1.807) is 0 Å². The first-order chi connectivity index (χ1) is 18.6. The summed E-state index contributed by atoms with van der Waals surface area (Å²) in [6.45, 7) is 7.13. The van der Waals surface area contributed by atoms with Crippen molar-refractivity contribution in [2.24, 2.45) is 0 Å². The Bertz CT molecular complexity index is 1480. The number of rotatable bonds is 11. The summed E-state index contributed by atoms with van der Waals surface area (Å²) in [5, 5.41) is 4.10. The molecule has 0 fully saturated rings. The Morgan fingerprint density at radius 1 is 0.526 bits per heavy atom. The fourth-order valence-corrected chi connectivity index (χ4v) is 4.55.